The van der Waals surface area contributed by atoms with Crippen LogP contribution in [0.1, 0.15) is 46.6 Å². The molecule has 6 nitrogen and oxygen atoms in total. The van der Waals surface area contributed by atoms with Crippen LogP contribution in [-0.2, 0) is 26.4 Å². The normalized spacial score (nSPS) is 20.4. The van der Waals surface area contributed by atoms with Crippen LogP contribution in [0.5, 0.6) is 0 Å². The van der Waals surface area contributed by atoms with Gasteiger partial charge < -0.3 is 14.9 Å². The minimum Gasteiger partial charge on any atom is -0.396 e. The molecule has 0 bridgehead atoms. The molecule has 0 saturated carbocycles. The van der Waals surface area contributed by atoms with Gasteiger partial charge in [-0.3, -0.25) is 9.48 Å². The zero-order valence-electron chi connectivity index (χ0n) is 17.5. The molecule has 6 heteroatoms. The second-order valence-corrected chi connectivity index (χ2v) is 8.60. The first-order chi connectivity index (χ1) is 14.1. The molecular weight excluding hydrogens is 364 g/mol. The molecule has 0 unspecified atom stereocenters. The van der Waals surface area contributed by atoms with E-state index in [0.29, 0.717) is 30.8 Å². The summed E-state index contributed by atoms with van der Waals surface area (Å²) in [5, 5.41) is 14.0. The Morgan fingerprint density at radius 1 is 1.21 bits per heavy atom. The van der Waals surface area contributed by atoms with Crippen LogP contribution >= 0.6 is 0 Å². The number of nitrogens with zero attached hydrogens (tertiary/aromatic N) is 4. The van der Waals surface area contributed by atoms with Gasteiger partial charge in [0.15, 0.2) is 5.69 Å². The number of aliphatic hydroxyl groups is 1. The molecule has 1 atom stereocenters. The predicted octanol–water partition coefficient (Wildman–Crippen LogP) is 2.25. The lowest BCUT2D eigenvalue weighted by molar-refractivity contribution is 0.0773. The number of piperidine rings is 1. The van der Waals surface area contributed by atoms with Gasteiger partial charge in [-0.05, 0) is 56.7 Å². The molecule has 1 amide bonds. The average Bonchev–Trinajstić information content (AvgIpc) is 3.09. The van der Waals surface area contributed by atoms with E-state index in [1.165, 1.54) is 5.69 Å². The highest BCUT2D eigenvalue weighted by atomic mass is 16.3. The first-order valence-corrected chi connectivity index (χ1v) is 10.8. The summed E-state index contributed by atoms with van der Waals surface area (Å²) in [7, 11) is 3.82. The molecule has 1 saturated heterocycles. The van der Waals surface area contributed by atoms with Gasteiger partial charge >= 0.3 is 0 Å². The quantitative estimate of drug-likeness (QED) is 0.842. The van der Waals surface area contributed by atoms with Crippen molar-refractivity contribution >= 4 is 5.91 Å². The molecule has 29 heavy (non-hydrogen) atoms. The van der Waals surface area contributed by atoms with Crippen LogP contribution in [0.2, 0.25) is 0 Å². The molecule has 2 aromatic rings. The van der Waals surface area contributed by atoms with E-state index in [9.17, 15) is 9.90 Å². The number of amides is 1. The Morgan fingerprint density at radius 3 is 2.62 bits per heavy atom. The number of aromatic nitrogens is 2. The van der Waals surface area contributed by atoms with E-state index in [4.69, 9.17) is 0 Å². The van der Waals surface area contributed by atoms with Gasteiger partial charge in [0.25, 0.3) is 5.91 Å². The number of benzene rings is 1. The highest BCUT2D eigenvalue weighted by molar-refractivity contribution is 5.94. The first-order valence-electron chi connectivity index (χ1n) is 10.8. The van der Waals surface area contributed by atoms with Gasteiger partial charge in [-0.25, -0.2) is 0 Å². The maximum atomic E-state index is 13.2. The molecule has 2 heterocycles. The highest BCUT2D eigenvalue weighted by Crippen LogP contribution is 2.30. The second-order valence-electron chi connectivity index (χ2n) is 8.60. The van der Waals surface area contributed by atoms with Gasteiger partial charge in [0, 0.05) is 44.5 Å². The fraction of sp³-hybridized carbons (Fsp3) is 0.565. The lowest BCUT2D eigenvalue weighted by Gasteiger charge is -2.39. The van der Waals surface area contributed by atoms with Crippen LogP contribution in [0, 0.1) is 5.92 Å². The number of likely N-dealkylation sites (tertiary alicyclic amines) is 1. The number of carbonyl (C=O) groups excluding carboxylic acids is 1. The van der Waals surface area contributed by atoms with Crippen LogP contribution in [0.15, 0.2) is 30.3 Å². The second kappa shape index (κ2) is 8.67. The minimum absolute atomic E-state index is 0.00495. The molecule has 1 aliphatic heterocycles. The standard InChI is InChI=1S/C23H32N4O2/c1-25(15-17-6-4-3-5-7-17)23(29)22-20-14-19(8-9-21(20)26(2)24-22)27-12-10-18(16-28)11-13-27/h3-7,18-19,28H,8-16H2,1-2H3/t19-/m0/s1. The fourth-order valence-corrected chi connectivity index (χ4v) is 4.86. The maximum Gasteiger partial charge on any atom is 0.274 e. The molecule has 1 N–H and O–H groups in total. The highest BCUT2D eigenvalue weighted by Gasteiger charge is 2.33. The zero-order chi connectivity index (χ0) is 20.4. The van der Waals surface area contributed by atoms with Gasteiger partial charge in [-0.2, -0.15) is 5.10 Å². The molecule has 1 aromatic heterocycles. The van der Waals surface area contributed by atoms with Crippen molar-refractivity contribution in [1.82, 2.24) is 19.6 Å². The van der Waals surface area contributed by atoms with E-state index in [1.807, 2.05) is 49.1 Å². The Morgan fingerprint density at radius 2 is 1.93 bits per heavy atom. The molecule has 4 rings (SSSR count). The summed E-state index contributed by atoms with van der Waals surface area (Å²) in [6, 6.07) is 10.6. The summed E-state index contributed by atoms with van der Waals surface area (Å²) in [4.78, 5) is 17.5. The Balaban J connectivity index is 1.48. The van der Waals surface area contributed by atoms with Crippen molar-refractivity contribution in [1.29, 1.82) is 0 Å². The fourth-order valence-electron chi connectivity index (χ4n) is 4.86. The number of fused-ring (bicyclic) bond motifs is 1. The number of hydrogen-bond donors (Lipinski definition) is 1. The lowest BCUT2D eigenvalue weighted by Crippen LogP contribution is -2.45. The Bertz CT molecular complexity index is 840. The summed E-state index contributed by atoms with van der Waals surface area (Å²) in [5.41, 5.74) is 4.09. The summed E-state index contributed by atoms with van der Waals surface area (Å²) in [6.45, 7) is 2.98. The van der Waals surface area contributed by atoms with Crippen molar-refractivity contribution in [2.24, 2.45) is 13.0 Å². The topological polar surface area (TPSA) is 61.6 Å². The van der Waals surface area contributed by atoms with E-state index < -0.39 is 0 Å². The monoisotopic (exact) mass is 396 g/mol. The lowest BCUT2D eigenvalue weighted by atomic mass is 9.88. The van der Waals surface area contributed by atoms with Crippen molar-refractivity contribution < 1.29 is 9.90 Å². The largest absolute Gasteiger partial charge is 0.396 e. The van der Waals surface area contributed by atoms with E-state index in [-0.39, 0.29) is 5.91 Å². The Hall–Kier alpha value is -2.18. The Labute approximate surface area is 173 Å². The molecule has 1 aliphatic carbocycles. The zero-order valence-corrected chi connectivity index (χ0v) is 17.5. The van der Waals surface area contributed by atoms with Crippen LogP contribution in [0.25, 0.3) is 0 Å². The van der Waals surface area contributed by atoms with E-state index in [2.05, 4.69) is 10.00 Å². The first kappa shape index (κ1) is 20.1. The smallest absolute Gasteiger partial charge is 0.274 e. The third-order valence-corrected chi connectivity index (χ3v) is 6.66. The predicted molar refractivity (Wildman–Crippen MR) is 113 cm³/mol. The van der Waals surface area contributed by atoms with Crippen LogP contribution < -0.4 is 0 Å². The molecule has 0 spiro atoms. The SMILES string of the molecule is CN(Cc1ccccc1)C(=O)c1nn(C)c2c1C[C@@H](N1CCC(CO)CC1)CC2. The summed E-state index contributed by atoms with van der Waals surface area (Å²) < 4.78 is 1.91. The van der Waals surface area contributed by atoms with Crippen molar-refractivity contribution in [3.8, 4) is 0 Å². The van der Waals surface area contributed by atoms with Crippen molar-refractivity contribution in [3.63, 3.8) is 0 Å². The van der Waals surface area contributed by atoms with E-state index in [0.717, 1.165) is 56.3 Å². The van der Waals surface area contributed by atoms with Gasteiger partial charge in [-0.15, -0.1) is 0 Å². The number of aryl methyl sites for hydroxylation is 1. The third kappa shape index (κ3) is 4.23. The molecule has 156 valence electrons. The molecule has 1 aromatic carbocycles. The number of hydrogen-bond acceptors (Lipinski definition) is 4. The average molecular weight is 397 g/mol. The summed E-state index contributed by atoms with van der Waals surface area (Å²) in [6.07, 6.45) is 5.12. The van der Waals surface area contributed by atoms with Gasteiger partial charge in [-0.1, -0.05) is 30.3 Å². The summed E-state index contributed by atoms with van der Waals surface area (Å²) in [5.74, 6) is 0.456. The van der Waals surface area contributed by atoms with E-state index >= 15 is 0 Å². The number of rotatable bonds is 5. The van der Waals surface area contributed by atoms with Crippen molar-refractivity contribution in [3.05, 3.63) is 52.8 Å². The molecule has 1 fully saturated rings. The van der Waals surface area contributed by atoms with Gasteiger partial charge in [0.2, 0.25) is 0 Å². The number of aliphatic hydroxyl groups excluding tert-OH is 1. The number of carbonyl (C=O) groups is 1. The maximum absolute atomic E-state index is 13.2. The van der Waals surface area contributed by atoms with Crippen LogP contribution in [0.3, 0.4) is 0 Å². The summed E-state index contributed by atoms with van der Waals surface area (Å²) >= 11 is 0. The third-order valence-electron chi connectivity index (χ3n) is 6.66. The molecule has 0 radical (unpaired) electrons. The Kier molecular flexibility index (Phi) is 6.01. The van der Waals surface area contributed by atoms with Crippen molar-refractivity contribution in [2.45, 2.75) is 44.7 Å². The molecule has 2 aliphatic rings. The molecular formula is C23H32N4O2. The van der Waals surface area contributed by atoms with Crippen LogP contribution in [0.4, 0.5) is 0 Å². The van der Waals surface area contributed by atoms with Gasteiger partial charge in [0.1, 0.15) is 0 Å². The van der Waals surface area contributed by atoms with Gasteiger partial charge in [0.05, 0.1) is 0 Å². The van der Waals surface area contributed by atoms with E-state index in [1.54, 1.807) is 4.90 Å². The minimum atomic E-state index is 0.00495. The van der Waals surface area contributed by atoms with Crippen LogP contribution in [-0.4, -0.2) is 63.4 Å². The van der Waals surface area contributed by atoms with Crippen molar-refractivity contribution in [2.75, 3.05) is 26.7 Å².